The minimum absolute atomic E-state index is 0.128. The van der Waals surface area contributed by atoms with Gasteiger partial charge in [0.05, 0.1) is 5.02 Å². The van der Waals surface area contributed by atoms with Crippen LogP contribution in [-0.4, -0.2) is 9.97 Å². The molecule has 0 saturated carbocycles. The average molecular weight is 252 g/mol. The van der Waals surface area contributed by atoms with Gasteiger partial charge in [-0.05, 0) is 24.6 Å². The van der Waals surface area contributed by atoms with Crippen LogP contribution in [-0.2, 0) is 6.54 Å². The van der Waals surface area contributed by atoms with Crippen LogP contribution in [0.2, 0.25) is 5.02 Å². The molecule has 1 heterocycles. The van der Waals surface area contributed by atoms with E-state index in [0.717, 1.165) is 17.1 Å². The number of hydrogen-bond acceptors (Lipinski definition) is 3. The largest absolute Gasteiger partial charge is 0.366 e. The van der Waals surface area contributed by atoms with Crippen molar-refractivity contribution >= 4 is 17.4 Å². The zero-order valence-corrected chi connectivity index (χ0v) is 10.0. The summed E-state index contributed by atoms with van der Waals surface area (Å²) in [5, 5.41) is 3.24. The number of nitrogens with one attached hydrogen (secondary N) is 1. The van der Waals surface area contributed by atoms with E-state index >= 15 is 0 Å². The SMILES string of the molecule is Cc1cc(NCc2ccc(F)c(Cl)c2)ncn1. The summed E-state index contributed by atoms with van der Waals surface area (Å²) < 4.78 is 12.9. The van der Waals surface area contributed by atoms with Crippen molar-refractivity contribution in [2.75, 3.05) is 5.32 Å². The summed E-state index contributed by atoms with van der Waals surface area (Å²) in [6.45, 7) is 2.43. The van der Waals surface area contributed by atoms with Crippen LogP contribution in [0.1, 0.15) is 11.3 Å². The summed E-state index contributed by atoms with van der Waals surface area (Å²) in [4.78, 5) is 8.06. The predicted molar refractivity (Wildman–Crippen MR) is 65.5 cm³/mol. The first-order valence-corrected chi connectivity index (χ1v) is 5.49. The summed E-state index contributed by atoms with van der Waals surface area (Å²) in [5.74, 6) is 0.325. The van der Waals surface area contributed by atoms with Crippen LogP contribution in [0.25, 0.3) is 0 Å². The summed E-state index contributed by atoms with van der Waals surface area (Å²) in [7, 11) is 0. The van der Waals surface area contributed by atoms with Crippen molar-refractivity contribution in [1.82, 2.24) is 9.97 Å². The standard InChI is InChI=1S/C12H11ClFN3/c1-8-4-12(17-7-16-8)15-6-9-2-3-11(14)10(13)5-9/h2-5,7H,6H2,1H3,(H,15,16,17). The van der Waals surface area contributed by atoms with Gasteiger partial charge >= 0.3 is 0 Å². The molecule has 0 radical (unpaired) electrons. The number of halogens is 2. The normalized spacial score (nSPS) is 10.3. The molecule has 0 aliphatic rings. The molecule has 5 heteroatoms. The number of nitrogens with zero attached hydrogens (tertiary/aromatic N) is 2. The van der Waals surface area contributed by atoms with E-state index in [1.54, 1.807) is 12.1 Å². The molecule has 1 aromatic heterocycles. The highest BCUT2D eigenvalue weighted by Gasteiger charge is 2.01. The van der Waals surface area contributed by atoms with E-state index in [9.17, 15) is 4.39 Å². The Hall–Kier alpha value is -1.68. The molecule has 2 rings (SSSR count). The Kier molecular flexibility index (Phi) is 3.54. The lowest BCUT2D eigenvalue weighted by Crippen LogP contribution is -2.02. The van der Waals surface area contributed by atoms with E-state index < -0.39 is 5.82 Å². The van der Waals surface area contributed by atoms with E-state index in [1.165, 1.54) is 12.4 Å². The van der Waals surface area contributed by atoms with Crippen molar-refractivity contribution in [3.63, 3.8) is 0 Å². The van der Waals surface area contributed by atoms with Crippen molar-refractivity contribution < 1.29 is 4.39 Å². The molecule has 0 spiro atoms. The monoisotopic (exact) mass is 251 g/mol. The summed E-state index contributed by atoms with van der Waals surface area (Å²) in [6.07, 6.45) is 1.50. The molecule has 0 aliphatic carbocycles. The highest BCUT2D eigenvalue weighted by molar-refractivity contribution is 6.30. The van der Waals surface area contributed by atoms with Crippen LogP contribution in [0.3, 0.4) is 0 Å². The van der Waals surface area contributed by atoms with Crippen molar-refractivity contribution in [1.29, 1.82) is 0 Å². The topological polar surface area (TPSA) is 37.8 Å². The number of rotatable bonds is 3. The van der Waals surface area contributed by atoms with Gasteiger partial charge in [0.1, 0.15) is 18.0 Å². The minimum Gasteiger partial charge on any atom is -0.366 e. The fourth-order valence-corrected chi connectivity index (χ4v) is 1.60. The third-order valence-corrected chi connectivity index (χ3v) is 2.55. The van der Waals surface area contributed by atoms with Crippen molar-refractivity contribution in [2.45, 2.75) is 13.5 Å². The Morgan fingerprint density at radius 1 is 1.29 bits per heavy atom. The Labute approximate surface area is 104 Å². The molecule has 3 nitrogen and oxygen atoms in total. The number of anilines is 1. The van der Waals surface area contributed by atoms with E-state index in [1.807, 2.05) is 13.0 Å². The van der Waals surface area contributed by atoms with Crippen LogP contribution in [0.5, 0.6) is 0 Å². The first kappa shape index (κ1) is 11.8. The van der Waals surface area contributed by atoms with Gasteiger partial charge < -0.3 is 5.32 Å². The first-order valence-electron chi connectivity index (χ1n) is 5.11. The molecular weight excluding hydrogens is 241 g/mol. The lowest BCUT2D eigenvalue weighted by Gasteiger charge is -2.06. The Bertz CT molecular complexity index is 531. The minimum atomic E-state index is -0.409. The fourth-order valence-electron chi connectivity index (χ4n) is 1.39. The maximum absolute atomic E-state index is 12.9. The summed E-state index contributed by atoms with van der Waals surface area (Å²) >= 11 is 5.69. The number of aromatic nitrogens is 2. The molecule has 1 aromatic carbocycles. The van der Waals surface area contributed by atoms with Gasteiger partial charge in [0.25, 0.3) is 0 Å². The highest BCUT2D eigenvalue weighted by Crippen LogP contribution is 2.16. The molecule has 17 heavy (non-hydrogen) atoms. The predicted octanol–water partition coefficient (Wildman–Crippen LogP) is 3.19. The molecule has 0 fully saturated rings. The maximum atomic E-state index is 12.9. The van der Waals surface area contributed by atoms with Gasteiger partial charge in [-0.1, -0.05) is 17.7 Å². The van der Waals surface area contributed by atoms with Gasteiger partial charge in [0.2, 0.25) is 0 Å². The molecule has 1 N–H and O–H groups in total. The van der Waals surface area contributed by atoms with Gasteiger partial charge in [0, 0.05) is 18.3 Å². The Morgan fingerprint density at radius 2 is 2.12 bits per heavy atom. The molecule has 0 amide bonds. The highest BCUT2D eigenvalue weighted by atomic mass is 35.5. The van der Waals surface area contributed by atoms with Crippen LogP contribution >= 0.6 is 11.6 Å². The second kappa shape index (κ2) is 5.10. The van der Waals surface area contributed by atoms with Crippen LogP contribution in [0.15, 0.2) is 30.6 Å². The van der Waals surface area contributed by atoms with Crippen LogP contribution in [0.4, 0.5) is 10.2 Å². The molecule has 0 bridgehead atoms. The maximum Gasteiger partial charge on any atom is 0.141 e. The first-order chi connectivity index (χ1) is 8.15. The van der Waals surface area contributed by atoms with Gasteiger partial charge in [-0.2, -0.15) is 0 Å². The quantitative estimate of drug-likeness (QED) is 0.910. The molecule has 2 aromatic rings. The van der Waals surface area contributed by atoms with Crippen molar-refractivity contribution in [2.24, 2.45) is 0 Å². The van der Waals surface area contributed by atoms with Gasteiger partial charge in [-0.25, -0.2) is 14.4 Å². The summed E-state index contributed by atoms with van der Waals surface area (Å²) in [6, 6.07) is 6.47. The molecule has 88 valence electrons. The molecule has 0 saturated heterocycles. The lowest BCUT2D eigenvalue weighted by atomic mass is 10.2. The lowest BCUT2D eigenvalue weighted by molar-refractivity contribution is 0.627. The second-order valence-electron chi connectivity index (χ2n) is 3.65. The number of benzene rings is 1. The molecule has 0 atom stereocenters. The fraction of sp³-hybridized carbons (Fsp3) is 0.167. The molecule has 0 unspecified atom stereocenters. The molecule has 0 aliphatic heterocycles. The second-order valence-corrected chi connectivity index (χ2v) is 4.05. The Morgan fingerprint density at radius 3 is 2.82 bits per heavy atom. The third kappa shape index (κ3) is 3.14. The third-order valence-electron chi connectivity index (χ3n) is 2.26. The molecular formula is C12H11ClFN3. The van der Waals surface area contributed by atoms with Crippen LogP contribution in [0, 0.1) is 12.7 Å². The van der Waals surface area contributed by atoms with E-state index in [2.05, 4.69) is 15.3 Å². The summed E-state index contributed by atoms with van der Waals surface area (Å²) in [5.41, 5.74) is 1.78. The Balaban J connectivity index is 2.05. The van der Waals surface area contributed by atoms with Gasteiger partial charge in [-0.3, -0.25) is 0 Å². The van der Waals surface area contributed by atoms with Gasteiger partial charge in [0.15, 0.2) is 0 Å². The van der Waals surface area contributed by atoms with E-state index in [0.29, 0.717) is 6.54 Å². The van der Waals surface area contributed by atoms with Crippen molar-refractivity contribution in [3.8, 4) is 0 Å². The smallest absolute Gasteiger partial charge is 0.141 e. The zero-order valence-electron chi connectivity index (χ0n) is 9.24. The average Bonchev–Trinajstić information content (AvgIpc) is 2.31. The van der Waals surface area contributed by atoms with E-state index in [4.69, 9.17) is 11.6 Å². The van der Waals surface area contributed by atoms with E-state index in [-0.39, 0.29) is 5.02 Å². The zero-order chi connectivity index (χ0) is 12.3. The van der Waals surface area contributed by atoms with Gasteiger partial charge in [-0.15, -0.1) is 0 Å². The van der Waals surface area contributed by atoms with Crippen LogP contribution < -0.4 is 5.32 Å². The number of hydrogen-bond donors (Lipinski definition) is 1. The number of aryl methyl sites for hydroxylation is 1. The van der Waals surface area contributed by atoms with Crippen molar-refractivity contribution in [3.05, 3.63) is 52.7 Å².